The Morgan fingerprint density at radius 3 is 3.11 bits per heavy atom. The van der Waals surface area contributed by atoms with Gasteiger partial charge in [-0.2, -0.15) is 0 Å². The normalized spacial score (nSPS) is 13.1. The van der Waals surface area contributed by atoms with E-state index in [0.717, 1.165) is 16.6 Å². The molecule has 2 aromatic rings. The minimum absolute atomic E-state index is 0.363. The number of hydrogen-bond donors (Lipinski definition) is 2. The van der Waals surface area contributed by atoms with Crippen LogP contribution in [0.4, 0.5) is 0 Å². The summed E-state index contributed by atoms with van der Waals surface area (Å²) in [6.07, 6.45) is 3.68. The van der Waals surface area contributed by atoms with Crippen LogP contribution >= 0.6 is 0 Å². The number of aromatic amines is 1. The summed E-state index contributed by atoms with van der Waals surface area (Å²) in [5, 5.41) is 9.98. The molecule has 0 aliphatic rings. The summed E-state index contributed by atoms with van der Waals surface area (Å²) in [6.45, 7) is 2.96. The minimum atomic E-state index is -0.762. The molecule has 0 aromatic carbocycles. The Labute approximate surface area is 105 Å². The van der Waals surface area contributed by atoms with Gasteiger partial charge in [0.15, 0.2) is 0 Å². The molecular weight excluding hydrogens is 230 g/mol. The standard InChI is InChI=1S/C13H17N3O2/c1-9(13(17)18)7-16(2)8-10-6-15-12-11(10)4-3-5-14-12/h3-6,9H,7-8H2,1-2H3,(H,14,15)(H,17,18). The lowest BCUT2D eigenvalue weighted by atomic mass is 10.1. The van der Waals surface area contributed by atoms with Crippen LogP contribution < -0.4 is 0 Å². The fourth-order valence-electron chi connectivity index (χ4n) is 2.04. The van der Waals surface area contributed by atoms with Crippen LogP contribution in [0.5, 0.6) is 0 Å². The minimum Gasteiger partial charge on any atom is -0.481 e. The number of fused-ring (bicyclic) bond motifs is 1. The Bertz CT molecular complexity index is 550. The molecule has 2 rings (SSSR count). The summed E-state index contributed by atoms with van der Waals surface area (Å²) < 4.78 is 0. The molecule has 1 atom stereocenters. The SMILES string of the molecule is CC(CN(C)Cc1c[nH]c2ncccc12)C(=O)O. The quantitative estimate of drug-likeness (QED) is 0.844. The highest BCUT2D eigenvalue weighted by molar-refractivity contribution is 5.79. The van der Waals surface area contributed by atoms with E-state index in [1.165, 1.54) is 0 Å². The molecule has 2 heterocycles. The fraction of sp³-hybridized carbons (Fsp3) is 0.385. The van der Waals surface area contributed by atoms with Crippen molar-refractivity contribution in [2.45, 2.75) is 13.5 Å². The third-order valence-corrected chi connectivity index (χ3v) is 2.98. The van der Waals surface area contributed by atoms with Gasteiger partial charge in [-0.15, -0.1) is 0 Å². The molecule has 0 saturated carbocycles. The molecule has 5 nitrogen and oxygen atoms in total. The van der Waals surface area contributed by atoms with Gasteiger partial charge in [0.25, 0.3) is 0 Å². The van der Waals surface area contributed by atoms with Crippen molar-refractivity contribution in [1.29, 1.82) is 0 Å². The van der Waals surface area contributed by atoms with Gasteiger partial charge in [0.2, 0.25) is 0 Å². The van der Waals surface area contributed by atoms with Crippen molar-refractivity contribution in [2.75, 3.05) is 13.6 Å². The third-order valence-electron chi connectivity index (χ3n) is 2.98. The Hall–Kier alpha value is -1.88. The van der Waals surface area contributed by atoms with E-state index in [9.17, 15) is 4.79 Å². The summed E-state index contributed by atoms with van der Waals surface area (Å²) in [6, 6.07) is 3.92. The van der Waals surface area contributed by atoms with Gasteiger partial charge in [0.1, 0.15) is 5.65 Å². The average Bonchev–Trinajstić information content (AvgIpc) is 2.72. The Morgan fingerprint density at radius 2 is 2.39 bits per heavy atom. The molecule has 0 bridgehead atoms. The smallest absolute Gasteiger partial charge is 0.307 e. The number of aromatic nitrogens is 2. The van der Waals surface area contributed by atoms with E-state index in [1.807, 2.05) is 30.3 Å². The Balaban J connectivity index is 2.07. The number of carboxylic acid groups (broad SMARTS) is 1. The Kier molecular flexibility index (Phi) is 3.62. The molecule has 0 radical (unpaired) electrons. The van der Waals surface area contributed by atoms with Crippen molar-refractivity contribution in [3.05, 3.63) is 30.1 Å². The average molecular weight is 247 g/mol. The van der Waals surface area contributed by atoms with Crippen molar-refractivity contribution in [3.63, 3.8) is 0 Å². The van der Waals surface area contributed by atoms with Gasteiger partial charge in [-0.3, -0.25) is 4.79 Å². The van der Waals surface area contributed by atoms with Crippen LogP contribution in [-0.4, -0.2) is 39.5 Å². The molecule has 0 aliphatic heterocycles. The highest BCUT2D eigenvalue weighted by atomic mass is 16.4. The predicted octanol–water partition coefficient (Wildman–Crippen LogP) is 1.72. The maximum Gasteiger partial charge on any atom is 0.307 e. The van der Waals surface area contributed by atoms with Crippen LogP contribution in [0.3, 0.4) is 0 Å². The number of H-pyrrole nitrogens is 1. The molecule has 0 aliphatic carbocycles. The summed E-state index contributed by atoms with van der Waals surface area (Å²) in [4.78, 5) is 20.2. The number of carboxylic acids is 1. The van der Waals surface area contributed by atoms with E-state index in [1.54, 1.807) is 13.1 Å². The number of hydrogen-bond acceptors (Lipinski definition) is 3. The van der Waals surface area contributed by atoms with Crippen molar-refractivity contribution in [2.24, 2.45) is 5.92 Å². The first-order valence-electron chi connectivity index (χ1n) is 5.90. The number of carbonyl (C=O) groups is 1. The first-order valence-corrected chi connectivity index (χ1v) is 5.90. The molecule has 2 aromatic heterocycles. The molecule has 0 amide bonds. The molecule has 96 valence electrons. The Morgan fingerprint density at radius 1 is 1.61 bits per heavy atom. The predicted molar refractivity (Wildman–Crippen MR) is 69.2 cm³/mol. The fourth-order valence-corrected chi connectivity index (χ4v) is 2.04. The zero-order valence-corrected chi connectivity index (χ0v) is 10.6. The topological polar surface area (TPSA) is 69.2 Å². The highest BCUT2D eigenvalue weighted by Gasteiger charge is 2.14. The summed E-state index contributed by atoms with van der Waals surface area (Å²) >= 11 is 0. The second kappa shape index (κ2) is 5.18. The lowest BCUT2D eigenvalue weighted by Gasteiger charge is -2.18. The van der Waals surface area contributed by atoms with Gasteiger partial charge < -0.3 is 15.0 Å². The van der Waals surface area contributed by atoms with E-state index in [2.05, 4.69) is 9.97 Å². The van der Waals surface area contributed by atoms with Gasteiger partial charge in [-0.25, -0.2) is 4.98 Å². The lowest BCUT2D eigenvalue weighted by Crippen LogP contribution is -2.28. The van der Waals surface area contributed by atoms with Gasteiger partial charge in [0, 0.05) is 30.9 Å². The maximum atomic E-state index is 10.8. The van der Waals surface area contributed by atoms with Crippen LogP contribution in [-0.2, 0) is 11.3 Å². The van der Waals surface area contributed by atoms with E-state index < -0.39 is 5.97 Å². The van der Waals surface area contributed by atoms with Crippen LogP contribution in [0.15, 0.2) is 24.5 Å². The molecule has 2 N–H and O–H groups in total. The molecular formula is C13H17N3O2. The molecule has 0 spiro atoms. The van der Waals surface area contributed by atoms with Gasteiger partial charge >= 0.3 is 5.97 Å². The second-order valence-corrected chi connectivity index (χ2v) is 4.65. The number of aliphatic carboxylic acids is 1. The number of nitrogens with one attached hydrogen (secondary N) is 1. The number of pyridine rings is 1. The van der Waals surface area contributed by atoms with Crippen LogP contribution in [0.25, 0.3) is 11.0 Å². The van der Waals surface area contributed by atoms with E-state index >= 15 is 0 Å². The maximum absolute atomic E-state index is 10.8. The van der Waals surface area contributed by atoms with Crippen LogP contribution in [0, 0.1) is 5.92 Å². The van der Waals surface area contributed by atoms with E-state index in [0.29, 0.717) is 13.1 Å². The van der Waals surface area contributed by atoms with E-state index in [-0.39, 0.29) is 5.92 Å². The lowest BCUT2D eigenvalue weighted by molar-refractivity contribution is -0.141. The van der Waals surface area contributed by atoms with Gasteiger partial charge in [-0.05, 0) is 24.7 Å². The van der Waals surface area contributed by atoms with Crippen molar-refractivity contribution in [3.8, 4) is 0 Å². The zero-order valence-electron chi connectivity index (χ0n) is 10.6. The van der Waals surface area contributed by atoms with Crippen molar-refractivity contribution in [1.82, 2.24) is 14.9 Å². The van der Waals surface area contributed by atoms with Gasteiger partial charge in [-0.1, -0.05) is 6.92 Å². The van der Waals surface area contributed by atoms with Crippen molar-refractivity contribution < 1.29 is 9.90 Å². The number of nitrogens with zero attached hydrogens (tertiary/aromatic N) is 2. The number of rotatable bonds is 5. The van der Waals surface area contributed by atoms with Crippen LogP contribution in [0.2, 0.25) is 0 Å². The first-order chi connectivity index (χ1) is 8.58. The molecule has 1 unspecified atom stereocenters. The molecule has 18 heavy (non-hydrogen) atoms. The monoisotopic (exact) mass is 247 g/mol. The van der Waals surface area contributed by atoms with Crippen molar-refractivity contribution >= 4 is 17.0 Å². The second-order valence-electron chi connectivity index (χ2n) is 4.65. The summed E-state index contributed by atoms with van der Waals surface area (Å²) in [5.41, 5.74) is 2.00. The highest BCUT2D eigenvalue weighted by Crippen LogP contribution is 2.17. The van der Waals surface area contributed by atoms with Gasteiger partial charge in [0.05, 0.1) is 5.92 Å². The summed E-state index contributed by atoms with van der Waals surface area (Å²) in [7, 11) is 1.93. The summed E-state index contributed by atoms with van der Waals surface area (Å²) in [5.74, 6) is -1.12. The van der Waals surface area contributed by atoms with Crippen LogP contribution in [0.1, 0.15) is 12.5 Å². The molecule has 5 heteroatoms. The van der Waals surface area contributed by atoms with E-state index in [4.69, 9.17) is 5.11 Å². The zero-order chi connectivity index (χ0) is 13.1. The largest absolute Gasteiger partial charge is 0.481 e. The third kappa shape index (κ3) is 2.68. The first kappa shape index (κ1) is 12.6. The molecule has 0 fully saturated rings. The molecule has 0 saturated heterocycles.